The third kappa shape index (κ3) is 4.32. The van der Waals surface area contributed by atoms with Crippen molar-refractivity contribution in [2.24, 2.45) is 0 Å². The van der Waals surface area contributed by atoms with Crippen LogP contribution in [0.3, 0.4) is 0 Å². The van der Waals surface area contributed by atoms with Crippen LogP contribution in [0.1, 0.15) is 12.0 Å². The number of ether oxygens (including phenoxy) is 3. The number of ketones is 1. The molecule has 4 rings (SSSR count). The zero-order chi connectivity index (χ0) is 19.3. The molecule has 0 aliphatic carbocycles. The van der Waals surface area contributed by atoms with Gasteiger partial charge >= 0.3 is 0 Å². The van der Waals surface area contributed by atoms with Gasteiger partial charge in [0.1, 0.15) is 19.3 Å². The summed E-state index contributed by atoms with van der Waals surface area (Å²) in [4.78, 5) is 24.9. The lowest BCUT2D eigenvalue weighted by Gasteiger charge is -2.28. The molecule has 0 bridgehead atoms. The average molecular weight is 382 g/mol. The molecular weight excluding hydrogens is 360 g/mol. The number of rotatable bonds is 5. The Morgan fingerprint density at radius 3 is 2.68 bits per heavy atom. The van der Waals surface area contributed by atoms with Crippen LogP contribution in [0.5, 0.6) is 11.5 Å². The summed E-state index contributed by atoms with van der Waals surface area (Å²) in [5.41, 5.74) is 1.61. The van der Waals surface area contributed by atoms with Gasteiger partial charge in [0.2, 0.25) is 5.91 Å². The zero-order valence-electron chi connectivity index (χ0n) is 15.4. The first-order valence-corrected chi connectivity index (χ1v) is 9.31. The minimum atomic E-state index is -0.586. The largest absolute Gasteiger partial charge is 0.486 e. The van der Waals surface area contributed by atoms with Gasteiger partial charge in [-0.1, -0.05) is 30.3 Å². The smallest absolute Gasteiger partial charge is 0.241 e. The molecule has 2 aliphatic rings. The van der Waals surface area contributed by atoms with Crippen molar-refractivity contribution in [3.63, 3.8) is 0 Å². The molecule has 1 fully saturated rings. The number of anilines is 1. The van der Waals surface area contributed by atoms with Gasteiger partial charge in [0.05, 0.1) is 12.6 Å². The fraction of sp³-hybridized carbons (Fsp3) is 0.333. The van der Waals surface area contributed by atoms with Gasteiger partial charge in [-0.3, -0.25) is 9.59 Å². The van der Waals surface area contributed by atoms with E-state index in [1.807, 2.05) is 30.3 Å². The van der Waals surface area contributed by atoms with Crippen molar-refractivity contribution >= 4 is 17.4 Å². The van der Waals surface area contributed by atoms with Crippen molar-refractivity contribution in [3.8, 4) is 11.5 Å². The molecule has 2 atom stereocenters. The molecule has 2 aromatic carbocycles. The van der Waals surface area contributed by atoms with Crippen LogP contribution in [0.25, 0.3) is 0 Å². The highest BCUT2D eigenvalue weighted by Gasteiger charge is 2.32. The van der Waals surface area contributed by atoms with Crippen LogP contribution >= 0.6 is 0 Å². The van der Waals surface area contributed by atoms with Crippen LogP contribution in [-0.4, -0.2) is 43.6 Å². The summed E-state index contributed by atoms with van der Waals surface area (Å²) in [7, 11) is 0. The first-order valence-electron chi connectivity index (χ1n) is 9.31. The SMILES string of the molecule is O=C(Nc1ccc2c(c1)OCCO2)C1CC(=O)C(OCc2ccccc2)CN1. The van der Waals surface area contributed by atoms with E-state index in [0.717, 1.165) is 5.56 Å². The molecule has 1 amide bonds. The summed E-state index contributed by atoms with van der Waals surface area (Å²) < 4.78 is 16.7. The number of piperidine rings is 1. The van der Waals surface area contributed by atoms with E-state index in [-0.39, 0.29) is 18.1 Å². The van der Waals surface area contributed by atoms with E-state index in [2.05, 4.69) is 10.6 Å². The number of hydrogen-bond donors (Lipinski definition) is 2. The summed E-state index contributed by atoms with van der Waals surface area (Å²) in [6.07, 6.45) is -0.450. The van der Waals surface area contributed by atoms with E-state index in [1.54, 1.807) is 18.2 Å². The zero-order valence-corrected chi connectivity index (χ0v) is 15.4. The minimum absolute atomic E-state index is 0.0722. The number of amides is 1. The fourth-order valence-corrected chi connectivity index (χ4v) is 3.23. The summed E-state index contributed by atoms with van der Waals surface area (Å²) in [6.45, 7) is 1.67. The summed E-state index contributed by atoms with van der Waals surface area (Å²) in [6, 6.07) is 14.3. The topological polar surface area (TPSA) is 85.9 Å². The predicted octanol–water partition coefficient (Wildman–Crippen LogP) is 1.91. The Kier molecular flexibility index (Phi) is 5.55. The van der Waals surface area contributed by atoms with Crippen molar-refractivity contribution in [2.75, 3.05) is 25.1 Å². The van der Waals surface area contributed by atoms with E-state index in [1.165, 1.54) is 0 Å². The molecule has 0 saturated carbocycles. The maximum absolute atomic E-state index is 12.5. The Labute approximate surface area is 163 Å². The van der Waals surface area contributed by atoms with Gasteiger partial charge in [-0.25, -0.2) is 0 Å². The van der Waals surface area contributed by atoms with Crippen molar-refractivity contribution in [3.05, 3.63) is 54.1 Å². The minimum Gasteiger partial charge on any atom is -0.486 e. The van der Waals surface area contributed by atoms with Crippen molar-refractivity contribution in [2.45, 2.75) is 25.2 Å². The van der Waals surface area contributed by atoms with E-state index in [4.69, 9.17) is 14.2 Å². The number of Topliss-reactive ketones (excluding diaryl/α,β-unsaturated/α-hetero) is 1. The second-order valence-electron chi connectivity index (χ2n) is 6.76. The van der Waals surface area contributed by atoms with Crippen LogP contribution in [0.15, 0.2) is 48.5 Å². The van der Waals surface area contributed by atoms with Gasteiger partial charge < -0.3 is 24.8 Å². The molecule has 2 unspecified atom stereocenters. The monoisotopic (exact) mass is 382 g/mol. The lowest BCUT2D eigenvalue weighted by atomic mass is 10.0. The van der Waals surface area contributed by atoms with E-state index in [0.29, 0.717) is 43.6 Å². The molecule has 28 heavy (non-hydrogen) atoms. The van der Waals surface area contributed by atoms with Gasteiger partial charge in [-0.05, 0) is 17.7 Å². The summed E-state index contributed by atoms with van der Waals surface area (Å²) in [5.74, 6) is 0.934. The molecule has 2 heterocycles. The Bertz CT molecular complexity index is 855. The molecule has 2 aromatic rings. The Morgan fingerprint density at radius 2 is 1.89 bits per heavy atom. The lowest BCUT2D eigenvalue weighted by Crippen LogP contribution is -2.53. The van der Waals surface area contributed by atoms with Gasteiger partial charge in [0, 0.05) is 24.7 Å². The molecule has 2 N–H and O–H groups in total. The summed E-state index contributed by atoms with van der Waals surface area (Å²) >= 11 is 0. The second-order valence-corrected chi connectivity index (χ2v) is 6.76. The Morgan fingerprint density at radius 1 is 1.11 bits per heavy atom. The molecule has 0 radical (unpaired) electrons. The molecule has 7 heteroatoms. The van der Waals surface area contributed by atoms with E-state index < -0.39 is 12.1 Å². The van der Waals surface area contributed by atoms with Gasteiger partial charge in [0.25, 0.3) is 0 Å². The maximum Gasteiger partial charge on any atom is 0.241 e. The van der Waals surface area contributed by atoms with Crippen LogP contribution in [-0.2, 0) is 20.9 Å². The number of fused-ring (bicyclic) bond motifs is 1. The third-order valence-corrected chi connectivity index (χ3v) is 4.73. The predicted molar refractivity (Wildman–Crippen MR) is 102 cm³/mol. The molecule has 146 valence electrons. The van der Waals surface area contributed by atoms with E-state index in [9.17, 15) is 9.59 Å². The van der Waals surface area contributed by atoms with Crippen molar-refractivity contribution in [1.82, 2.24) is 5.32 Å². The van der Waals surface area contributed by atoms with Crippen LogP contribution in [0, 0.1) is 0 Å². The number of hydrogen-bond acceptors (Lipinski definition) is 6. The molecule has 2 aliphatic heterocycles. The molecule has 0 aromatic heterocycles. The van der Waals surface area contributed by atoms with Crippen LogP contribution in [0.4, 0.5) is 5.69 Å². The second kappa shape index (κ2) is 8.41. The number of carbonyl (C=O) groups excluding carboxylic acids is 2. The first kappa shape index (κ1) is 18.5. The Hall–Kier alpha value is -2.90. The molecular formula is C21H22N2O5. The molecule has 1 saturated heterocycles. The average Bonchev–Trinajstić information content (AvgIpc) is 2.73. The van der Waals surface area contributed by atoms with Crippen molar-refractivity contribution in [1.29, 1.82) is 0 Å². The Balaban J connectivity index is 1.30. The standard InChI is InChI=1S/C21H22N2O5/c24-17-11-16(22-12-20(17)28-13-14-4-2-1-3-5-14)21(25)23-15-6-7-18-19(10-15)27-9-8-26-18/h1-7,10,16,20,22H,8-9,11-13H2,(H,23,25). The van der Waals surface area contributed by atoms with Crippen molar-refractivity contribution < 1.29 is 23.8 Å². The summed E-state index contributed by atoms with van der Waals surface area (Å²) in [5, 5.41) is 5.93. The van der Waals surface area contributed by atoms with E-state index >= 15 is 0 Å². The number of nitrogens with one attached hydrogen (secondary N) is 2. The van der Waals surface area contributed by atoms with Crippen LogP contribution < -0.4 is 20.1 Å². The van der Waals surface area contributed by atoms with Gasteiger partial charge in [0.15, 0.2) is 17.3 Å². The highest BCUT2D eigenvalue weighted by Crippen LogP contribution is 2.32. The number of benzene rings is 2. The maximum atomic E-state index is 12.5. The van der Waals surface area contributed by atoms with Gasteiger partial charge in [-0.15, -0.1) is 0 Å². The number of carbonyl (C=O) groups is 2. The highest BCUT2D eigenvalue weighted by atomic mass is 16.6. The molecule has 7 nitrogen and oxygen atoms in total. The molecule has 0 spiro atoms. The van der Waals surface area contributed by atoms with Gasteiger partial charge in [-0.2, -0.15) is 0 Å². The van der Waals surface area contributed by atoms with Crippen LogP contribution in [0.2, 0.25) is 0 Å². The lowest BCUT2D eigenvalue weighted by molar-refractivity contribution is -0.137. The fourth-order valence-electron chi connectivity index (χ4n) is 3.23. The highest BCUT2D eigenvalue weighted by molar-refractivity contribution is 5.99. The third-order valence-electron chi connectivity index (χ3n) is 4.73. The quantitative estimate of drug-likeness (QED) is 0.822. The first-order chi connectivity index (χ1) is 13.7. The normalized spacial score (nSPS) is 21.2.